The molecule has 3 rings (SSSR count). The van der Waals surface area contributed by atoms with Gasteiger partial charge < -0.3 is 4.74 Å². The second kappa shape index (κ2) is 5.99. The van der Waals surface area contributed by atoms with Crippen molar-refractivity contribution in [3.05, 3.63) is 48.0 Å². The second-order valence-electron chi connectivity index (χ2n) is 6.38. The van der Waals surface area contributed by atoms with Gasteiger partial charge in [0.15, 0.2) is 5.65 Å². The number of carbonyl (C=O) groups excluding carboxylic acids is 1. The molecule has 0 atom stereocenters. The molecule has 0 fully saturated rings. The number of ether oxygens (including phenoxy) is 1. The first-order chi connectivity index (χ1) is 11.3. The van der Waals surface area contributed by atoms with Gasteiger partial charge in [0.2, 0.25) is 11.8 Å². The number of nitrogens with zero attached hydrogens (tertiary/aromatic N) is 4. The van der Waals surface area contributed by atoms with Crippen molar-refractivity contribution >= 4 is 11.6 Å². The second-order valence-corrected chi connectivity index (χ2v) is 6.38. The van der Waals surface area contributed by atoms with Gasteiger partial charge in [-0.2, -0.15) is 4.39 Å². The van der Waals surface area contributed by atoms with Gasteiger partial charge in [-0.15, -0.1) is 5.10 Å². The molecular formula is C17H17FN4O2. The number of pyridine rings is 2. The Bertz CT molecular complexity index is 899. The number of hydrogen-bond acceptors (Lipinski definition) is 5. The minimum absolute atomic E-state index is 0.147. The Morgan fingerprint density at radius 2 is 2.04 bits per heavy atom. The van der Waals surface area contributed by atoms with Crippen LogP contribution in [0.25, 0.3) is 17.2 Å². The third-order valence-corrected chi connectivity index (χ3v) is 3.11. The maximum atomic E-state index is 13.2. The van der Waals surface area contributed by atoms with E-state index in [9.17, 15) is 9.18 Å². The zero-order valence-corrected chi connectivity index (χ0v) is 13.7. The monoisotopic (exact) mass is 328 g/mol. The Labute approximate surface area is 138 Å². The number of rotatable bonds is 3. The number of hydrogen-bond donors (Lipinski definition) is 0. The highest BCUT2D eigenvalue weighted by Gasteiger charge is 2.17. The van der Waals surface area contributed by atoms with E-state index in [4.69, 9.17) is 4.74 Å². The van der Waals surface area contributed by atoms with Gasteiger partial charge in [-0.3, -0.25) is 4.79 Å². The van der Waals surface area contributed by atoms with E-state index in [2.05, 4.69) is 15.1 Å². The van der Waals surface area contributed by atoms with Crippen LogP contribution < -0.4 is 0 Å². The Hall–Kier alpha value is -2.83. The third kappa shape index (κ3) is 3.73. The molecule has 0 aliphatic heterocycles. The smallest absolute Gasteiger partial charge is 0.310 e. The molecule has 0 aromatic carbocycles. The molecule has 0 aliphatic rings. The first-order valence-electron chi connectivity index (χ1n) is 7.50. The average molecular weight is 328 g/mol. The molecule has 0 spiro atoms. The number of halogens is 1. The molecule has 0 N–H and O–H groups in total. The van der Waals surface area contributed by atoms with E-state index in [1.54, 1.807) is 35.0 Å². The fraction of sp³-hybridized carbons (Fsp3) is 0.294. The van der Waals surface area contributed by atoms with Gasteiger partial charge in [-0.25, -0.2) is 14.5 Å². The van der Waals surface area contributed by atoms with Crippen LogP contribution in [0, 0.1) is 5.95 Å². The zero-order chi connectivity index (χ0) is 17.3. The number of carbonyl (C=O) groups is 1. The number of esters is 1. The predicted octanol–water partition coefficient (Wildman–Crippen LogP) is 2.81. The van der Waals surface area contributed by atoms with Crippen LogP contribution in [0.3, 0.4) is 0 Å². The van der Waals surface area contributed by atoms with E-state index in [1.165, 1.54) is 6.07 Å². The molecule has 3 aromatic heterocycles. The van der Waals surface area contributed by atoms with Crippen molar-refractivity contribution in [1.29, 1.82) is 0 Å². The number of aromatic nitrogens is 4. The van der Waals surface area contributed by atoms with Gasteiger partial charge in [-0.05, 0) is 50.6 Å². The molecular weight excluding hydrogens is 311 g/mol. The molecule has 0 amide bonds. The van der Waals surface area contributed by atoms with Gasteiger partial charge >= 0.3 is 5.97 Å². The van der Waals surface area contributed by atoms with Crippen LogP contribution in [-0.4, -0.2) is 31.2 Å². The molecule has 6 nitrogen and oxygen atoms in total. The summed E-state index contributed by atoms with van der Waals surface area (Å²) < 4.78 is 20.1. The molecule has 0 saturated heterocycles. The minimum Gasteiger partial charge on any atom is -0.460 e. The first-order valence-corrected chi connectivity index (χ1v) is 7.50. The van der Waals surface area contributed by atoms with Crippen molar-refractivity contribution in [2.75, 3.05) is 0 Å². The van der Waals surface area contributed by atoms with E-state index >= 15 is 0 Å². The largest absolute Gasteiger partial charge is 0.460 e. The van der Waals surface area contributed by atoms with Gasteiger partial charge in [0.05, 0.1) is 6.42 Å². The standard InChI is InChI=1S/C17H17FN4O2/c1-17(2,3)24-15(23)10-11-7-8-22-14(9-11)20-16(21-22)12-5-4-6-13(18)19-12/h4-9H,10H2,1-3H3. The van der Waals surface area contributed by atoms with Crippen molar-refractivity contribution in [2.24, 2.45) is 0 Å². The lowest BCUT2D eigenvalue weighted by Crippen LogP contribution is -2.24. The third-order valence-electron chi connectivity index (χ3n) is 3.11. The molecule has 3 heterocycles. The van der Waals surface area contributed by atoms with Crippen LogP contribution in [-0.2, 0) is 16.0 Å². The van der Waals surface area contributed by atoms with Crippen molar-refractivity contribution in [1.82, 2.24) is 19.6 Å². The maximum Gasteiger partial charge on any atom is 0.310 e. The summed E-state index contributed by atoms with van der Waals surface area (Å²) in [4.78, 5) is 20.0. The van der Waals surface area contributed by atoms with Crippen molar-refractivity contribution < 1.29 is 13.9 Å². The van der Waals surface area contributed by atoms with E-state index in [0.717, 1.165) is 5.56 Å². The van der Waals surface area contributed by atoms with Crippen molar-refractivity contribution in [3.8, 4) is 11.5 Å². The lowest BCUT2D eigenvalue weighted by atomic mass is 10.1. The molecule has 124 valence electrons. The Morgan fingerprint density at radius 1 is 1.25 bits per heavy atom. The van der Waals surface area contributed by atoms with Gasteiger partial charge in [0.1, 0.15) is 11.3 Å². The Morgan fingerprint density at radius 3 is 2.75 bits per heavy atom. The van der Waals surface area contributed by atoms with Gasteiger partial charge in [-0.1, -0.05) is 6.07 Å². The van der Waals surface area contributed by atoms with Gasteiger partial charge in [0, 0.05) is 6.20 Å². The van der Waals surface area contributed by atoms with Crippen LogP contribution in [0.15, 0.2) is 36.5 Å². The summed E-state index contributed by atoms with van der Waals surface area (Å²) in [6.45, 7) is 5.47. The van der Waals surface area contributed by atoms with Crippen molar-refractivity contribution in [3.63, 3.8) is 0 Å². The topological polar surface area (TPSA) is 69.4 Å². The highest BCUT2D eigenvalue weighted by atomic mass is 19.1. The van der Waals surface area contributed by atoms with Crippen LogP contribution in [0.5, 0.6) is 0 Å². The Balaban J connectivity index is 1.85. The van der Waals surface area contributed by atoms with Crippen LogP contribution in [0.2, 0.25) is 0 Å². The van der Waals surface area contributed by atoms with E-state index in [-0.39, 0.29) is 12.4 Å². The highest BCUT2D eigenvalue weighted by molar-refractivity contribution is 5.73. The summed E-state index contributed by atoms with van der Waals surface area (Å²) in [6, 6.07) is 7.98. The first kappa shape index (κ1) is 16.0. The summed E-state index contributed by atoms with van der Waals surface area (Å²) in [6.07, 6.45) is 1.85. The highest BCUT2D eigenvalue weighted by Crippen LogP contribution is 2.16. The molecule has 0 aliphatic carbocycles. The predicted molar refractivity (Wildman–Crippen MR) is 85.7 cm³/mol. The van der Waals surface area contributed by atoms with Crippen LogP contribution >= 0.6 is 0 Å². The molecule has 0 radical (unpaired) electrons. The molecule has 0 unspecified atom stereocenters. The average Bonchev–Trinajstić information content (AvgIpc) is 2.88. The normalized spacial score (nSPS) is 11.7. The van der Waals surface area contributed by atoms with E-state index < -0.39 is 11.5 Å². The van der Waals surface area contributed by atoms with Crippen LogP contribution in [0.4, 0.5) is 4.39 Å². The molecule has 24 heavy (non-hydrogen) atoms. The quantitative estimate of drug-likeness (QED) is 0.546. The SMILES string of the molecule is CC(C)(C)OC(=O)Cc1ccn2nc(-c3cccc(F)n3)nc2c1. The van der Waals surface area contributed by atoms with Crippen LogP contribution in [0.1, 0.15) is 26.3 Å². The fourth-order valence-electron chi connectivity index (χ4n) is 2.22. The Kier molecular flexibility index (Phi) is 4.01. The van der Waals surface area contributed by atoms with E-state index in [1.807, 2.05) is 20.8 Å². The van der Waals surface area contributed by atoms with Gasteiger partial charge in [0.25, 0.3) is 0 Å². The fourth-order valence-corrected chi connectivity index (χ4v) is 2.22. The molecule has 3 aromatic rings. The lowest BCUT2D eigenvalue weighted by molar-refractivity contribution is -0.153. The van der Waals surface area contributed by atoms with E-state index in [0.29, 0.717) is 17.2 Å². The molecule has 0 bridgehead atoms. The summed E-state index contributed by atoms with van der Waals surface area (Å²) in [5.41, 5.74) is 1.15. The summed E-state index contributed by atoms with van der Waals surface area (Å²) in [5, 5.41) is 4.26. The maximum absolute atomic E-state index is 13.2. The number of fused-ring (bicyclic) bond motifs is 1. The summed E-state index contributed by atoms with van der Waals surface area (Å²) in [5.74, 6) is -0.570. The summed E-state index contributed by atoms with van der Waals surface area (Å²) in [7, 11) is 0. The molecule has 0 saturated carbocycles. The minimum atomic E-state index is -0.586. The lowest BCUT2D eigenvalue weighted by Gasteiger charge is -2.19. The summed E-state index contributed by atoms with van der Waals surface area (Å²) >= 11 is 0. The van der Waals surface area contributed by atoms with Crippen molar-refractivity contribution in [2.45, 2.75) is 32.8 Å². The zero-order valence-electron chi connectivity index (χ0n) is 13.7. The molecule has 7 heteroatoms.